The zero-order valence-corrected chi connectivity index (χ0v) is 11.1. The second-order valence-corrected chi connectivity index (χ2v) is 4.73. The molecule has 0 radical (unpaired) electrons. The molecule has 3 nitrogen and oxygen atoms in total. The van der Waals surface area contributed by atoms with Gasteiger partial charge in [0.1, 0.15) is 11.9 Å². The van der Waals surface area contributed by atoms with Gasteiger partial charge in [-0.15, -0.1) is 0 Å². The highest BCUT2D eigenvalue weighted by atomic mass is 79.9. The molecule has 17 heavy (non-hydrogen) atoms. The van der Waals surface area contributed by atoms with Crippen LogP contribution in [-0.4, -0.2) is 11.7 Å². The number of nitrogens with one attached hydrogen (secondary N) is 1. The van der Waals surface area contributed by atoms with Crippen LogP contribution in [0, 0.1) is 6.92 Å². The minimum Gasteiger partial charge on any atom is -0.467 e. The molecule has 0 saturated heterocycles. The first kappa shape index (κ1) is 12.2. The van der Waals surface area contributed by atoms with Gasteiger partial charge in [-0.3, -0.25) is 0 Å². The lowest BCUT2D eigenvalue weighted by Crippen LogP contribution is -2.11. The average Bonchev–Trinajstić information content (AvgIpc) is 2.84. The molecule has 0 saturated carbocycles. The normalized spacial score (nSPS) is 12.4. The highest BCUT2D eigenvalue weighted by Crippen LogP contribution is 2.21. The number of aliphatic hydroxyl groups is 1. The van der Waals surface area contributed by atoms with E-state index in [1.54, 1.807) is 18.4 Å². The first-order valence-corrected chi connectivity index (χ1v) is 6.17. The predicted octanol–water partition coefficient (Wildman–Crippen LogP) is 3.50. The number of anilines is 1. The molecule has 2 N–H and O–H groups in total. The third-order valence-corrected chi connectivity index (χ3v) is 3.42. The van der Waals surface area contributed by atoms with E-state index in [-0.39, 0.29) is 0 Å². The number of benzene rings is 1. The Hall–Kier alpha value is -1.26. The predicted molar refractivity (Wildman–Crippen MR) is 71.0 cm³/mol. The molecule has 1 heterocycles. The van der Waals surface area contributed by atoms with Crippen LogP contribution in [0.2, 0.25) is 0 Å². The van der Waals surface area contributed by atoms with E-state index in [0.29, 0.717) is 12.3 Å². The van der Waals surface area contributed by atoms with Crippen molar-refractivity contribution in [2.24, 2.45) is 0 Å². The molecule has 0 bridgehead atoms. The van der Waals surface area contributed by atoms with Crippen LogP contribution in [0.5, 0.6) is 0 Å². The monoisotopic (exact) mass is 295 g/mol. The summed E-state index contributed by atoms with van der Waals surface area (Å²) in [6.45, 7) is 2.45. The number of aliphatic hydroxyl groups excluding tert-OH is 1. The van der Waals surface area contributed by atoms with Gasteiger partial charge in [0, 0.05) is 16.7 Å². The van der Waals surface area contributed by atoms with Crippen molar-refractivity contribution in [3.8, 4) is 0 Å². The lowest BCUT2D eigenvalue weighted by Gasteiger charge is -2.11. The zero-order chi connectivity index (χ0) is 12.3. The summed E-state index contributed by atoms with van der Waals surface area (Å²) in [5, 5.41) is 13.0. The Morgan fingerprint density at radius 3 is 2.88 bits per heavy atom. The summed E-state index contributed by atoms with van der Waals surface area (Å²) in [6, 6.07) is 9.50. The van der Waals surface area contributed by atoms with Crippen molar-refractivity contribution < 1.29 is 9.52 Å². The van der Waals surface area contributed by atoms with Gasteiger partial charge >= 0.3 is 0 Å². The Balaban J connectivity index is 1.96. The number of rotatable bonds is 4. The Bertz CT molecular complexity index is 482. The van der Waals surface area contributed by atoms with E-state index in [9.17, 15) is 5.11 Å². The van der Waals surface area contributed by atoms with Crippen molar-refractivity contribution in [2.75, 3.05) is 11.9 Å². The molecular formula is C13H14BrNO2. The van der Waals surface area contributed by atoms with Crippen LogP contribution in [0.25, 0.3) is 0 Å². The summed E-state index contributed by atoms with van der Waals surface area (Å²) in [5.41, 5.74) is 2.14. The summed E-state index contributed by atoms with van der Waals surface area (Å²) in [5.74, 6) is 0.575. The van der Waals surface area contributed by atoms with Gasteiger partial charge in [0.2, 0.25) is 0 Å². The second kappa shape index (κ2) is 5.38. The van der Waals surface area contributed by atoms with Gasteiger partial charge in [0.25, 0.3) is 0 Å². The van der Waals surface area contributed by atoms with Crippen LogP contribution in [0.15, 0.2) is 45.5 Å². The molecule has 1 unspecified atom stereocenters. The number of hydrogen-bond donors (Lipinski definition) is 2. The fourth-order valence-corrected chi connectivity index (χ4v) is 1.80. The van der Waals surface area contributed by atoms with Gasteiger partial charge in [-0.2, -0.15) is 0 Å². The van der Waals surface area contributed by atoms with E-state index in [2.05, 4.69) is 21.2 Å². The van der Waals surface area contributed by atoms with Gasteiger partial charge in [-0.1, -0.05) is 15.9 Å². The Labute approximate surface area is 109 Å². The molecule has 90 valence electrons. The third kappa shape index (κ3) is 3.11. The van der Waals surface area contributed by atoms with E-state index in [1.165, 1.54) is 0 Å². The van der Waals surface area contributed by atoms with Crippen LogP contribution >= 0.6 is 15.9 Å². The first-order valence-electron chi connectivity index (χ1n) is 5.38. The Kier molecular flexibility index (Phi) is 3.86. The minimum atomic E-state index is -0.631. The molecular weight excluding hydrogens is 282 g/mol. The molecule has 4 heteroatoms. The van der Waals surface area contributed by atoms with E-state index in [0.717, 1.165) is 15.7 Å². The molecule has 0 spiro atoms. The average molecular weight is 296 g/mol. The number of hydrogen-bond acceptors (Lipinski definition) is 3. The smallest absolute Gasteiger partial charge is 0.134 e. The van der Waals surface area contributed by atoms with Gasteiger partial charge in [-0.25, -0.2) is 0 Å². The van der Waals surface area contributed by atoms with Gasteiger partial charge in [-0.05, 0) is 42.8 Å². The zero-order valence-electron chi connectivity index (χ0n) is 9.48. The van der Waals surface area contributed by atoms with E-state index in [4.69, 9.17) is 4.42 Å². The highest BCUT2D eigenvalue weighted by molar-refractivity contribution is 9.10. The van der Waals surface area contributed by atoms with Crippen molar-refractivity contribution in [1.82, 2.24) is 0 Å². The van der Waals surface area contributed by atoms with Gasteiger partial charge < -0.3 is 14.8 Å². The minimum absolute atomic E-state index is 0.425. The highest BCUT2D eigenvalue weighted by Gasteiger charge is 2.09. The fourth-order valence-electron chi connectivity index (χ4n) is 1.55. The number of halogens is 1. The summed E-state index contributed by atoms with van der Waals surface area (Å²) in [7, 11) is 0. The summed E-state index contributed by atoms with van der Waals surface area (Å²) >= 11 is 3.45. The van der Waals surface area contributed by atoms with E-state index in [1.807, 2.05) is 25.1 Å². The van der Waals surface area contributed by atoms with Gasteiger partial charge in [0.15, 0.2) is 0 Å². The molecule has 2 aromatic rings. The maximum absolute atomic E-state index is 9.83. The van der Waals surface area contributed by atoms with E-state index < -0.39 is 6.10 Å². The lowest BCUT2D eigenvalue weighted by molar-refractivity contribution is 0.162. The molecule has 0 aliphatic carbocycles. The van der Waals surface area contributed by atoms with Crippen molar-refractivity contribution >= 4 is 21.6 Å². The van der Waals surface area contributed by atoms with Crippen molar-refractivity contribution in [3.63, 3.8) is 0 Å². The Morgan fingerprint density at radius 1 is 1.41 bits per heavy atom. The molecule has 0 aliphatic rings. The molecule has 0 fully saturated rings. The third-order valence-electron chi connectivity index (χ3n) is 2.53. The molecule has 0 amide bonds. The fraction of sp³-hybridized carbons (Fsp3) is 0.231. The van der Waals surface area contributed by atoms with Crippen molar-refractivity contribution in [3.05, 3.63) is 52.4 Å². The van der Waals surface area contributed by atoms with Crippen LogP contribution < -0.4 is 5.32 Å². The SMILES string of the molecule is Cc1cc(NCC(O)c2ccco2)ccc1Br. The standard InChI is InChI=1S/C13H14BrNO2/c1-9-7-10(4-5-11(9)14)15-8-12(16)13-3-2-6-17-13/h2-7,12,15-16H,8H2,1H3. The molecule has 1 atom stereocenters. The van der Waals surface area contributed by atoms with Crippen molar-refractivity contribution in [1.29, 1.82) is 0 Å². The van der Waals surface area contributed by atoms with Crippen LogP contribution in [0.1, 0.15) is 17.4 Å². The van der Waals surface area contributed by atoms with Crippen LogP contribution in [0.4, 0.5) is 5.69 Å². The lowest BCUT2D eigenvalue weighted by atomic mass is 10.2. The summed E-state index contributed by atoms with van der Waals surface area (Å²) < 4.78 is 6.21. The van der Waals surface area contributed by atoms with Crippen LogP contribution in [0.3, 0.4) is 0 Å². The summed E-state index contributed by atoms with van der Waals surface area (Å²) in [4.78, 5) is 0. The van der Waals surface area contributed by atoms with Crippen LogP contribution in [-0.2, 0) is 0 Å². The molecule has 1 aromatic carbocycles. The Morgan fingerprint density at radius 2 is 2.24 bits per heavy atom. The first-order chi connectivity index (χ1) is 8.16. The largest absolute Gasteiger partial charge is 0.467 e. The molecule has 2 rings (SSSR count). The maximum Gasteiger partial charge on any atom is 0.134 e. The van der Waals surface area contributed by atoms with E-state index >= 15 is 0 Å². The topological polar surface area (TPSA) is 45.4 Å². The number of aryl methyl sites for hydroxylation is 1. The molecule has 1 aromatic heterocycles. The summed E-state index contributed by atoms with van der Waals surface area (Å²) in [6.07, 6.45) is 0.927. The van der Waals surface area contributed by atoms with Crippen molar-refractivity contribution in [2.45, 2.75) is 13.0 Å². The maximum atomic E-state index is 9.83. The van der Waals surface area contributed by atoms with Gasteiger partial charge in [0.05, 0.1) is 6.26 Å². The molecule has 0 aliphatic heterocycles. The quantitative estimate of drug-likeness (QED) is 0.907. The second-order valence-electron chi connectivity index (χ2n) is 3.88. The number of furan rings is 1.